The van der Waals surface area contributed by atoms with E-state index < -0.39 is 42.1 Å². The molecule has 1 heterocycles. The molecule has 2 amide bonds. The van der Waals surface area contributed by atoms with Gasteiger partial charge >= 0.3 is 0 Å². The molecule has 2 aromatic rings. The van der Waals surface area contributed by atoms with Crippen LogP contribution in [-0.4, -0.2) is 47.5 Å². The number of carbonyl (C=O) groups is 2. The van der Waals surface area contributed by atoms with Gasteiger partial charge in [-0.25, -0.2) is 8.78 Å². The topological polar surface area (TPSA) is 99.7 Å². The van der Waals surface area contributed by atoms with Crippen molar-refractivity contribution in [3.05, 3.63) is 65.5 Å². The molecule has 2 atom stereocenters. The third-order valence-corrected chi connectivity index (χ3v) is 5.21. The lowest BCUT2D eigenvalue weighted by Gasteiger charge is -2.39. The van der Waals surface area contributed by atoms with Gasteiger partial charge in [0.2, 0.25) is 5.91 Å². The Morgan fingerprint density at radius 3 is 2.55 bits per heavy atom. The minimum atomic E-state index is -2.47. The maximum Gasteiger partial charge on any atom is 0.257 e. The molecule has 10 heteroatoms. The summed E-state index contributed by atoms with van der Waals surface area (Å²) in [5, 5.41) is 17.1. The molecule has 0 spiro atoms. The van der Waals surface area contributed by atoms with Gasteiger partial charge in [0, 0.05) is 23.7 Å². The van der Waals surface area contributed by atoms with Crippen LogP contribution >= 0.6 is 12.2 Å². The molecule has 0 bridgehead atoms. The number of hydrogen-bond donors (Lipinski definition) is 4. The smallest absolute Gasteiger partial charge is 0.257 e. The second-order valence-corrected chi connectivity index (χ2v) is 7.58. The Bertz CT molecular complexity index is 1010. The molecule has 31 heavy (non-hydrogen) atoms. The third kappa shape index (κ3) is 4.55. The summed E-state index contributed by atoms with van der Waals surface area (Å²) in [4.78, 5) is 23.8. The molecule has 0 saturated carbocycles. The Morgan fingerprint density at radius 1 is 1.19 bits per heavy atom. The first-order chi connectivity index (χ1) is 14.7. The minimum absolute atomic E-state index is 0.218. The van der Waals surface area contributed by atoms with Crippen LogP contribution in [0.4, 0.5) is 14.5 Å². The molecular weight excluding hydrogens is 428 g/mol. The lowest BCUT2D eigenvalue weighted by molar-refractivity contribution is -0.114. The highest BCUT2D eigenvalue weighted by molar-refractivity contribution is 7.80. The molecule has 0 aliphatic carbocycles. The number of thiocarbonyl (C=S) groups is 1. The number of ether oxygens (including phenoxy) is 1. The quantitative estimate of drug-likeness (QED) is 0.522. The van der Waals surface area contributed by atoms with E-state index >= 15 is 4.39 Å². The number of halogens is 2. The molecule has 0 unspecified atom stereocenters. The molecular formula is C21H21F2N3O4S. The molecule has 1 aliphatic heterocycles. The van der Waals surface area contributed by atoms with E-state index in [1.807, 2.05) is 0 Å². The van der Waals surface area contributed by atoms with E-state index in [1.165, 1.54) is 19.1 Å². The van der Waals surface area contributed by atoms with Crippen molar-refractivity contribution in [1.82, 2.24) is 10.6 Å². The highest BCUT2D eigenvalue weighted by atomic mass is 32.1. The van der Waals surface area contributed by atoms with Gasteiger partial charge in [0.15, 0.2) is 10.8 Å². The van der Waals surface area contributed by atoms with E-state index in [1.54, 1.807) is 30.3 Å². The molecule has 2 aromatic carbocycles. The first-order valence-corrected chi connectivity index (χ1v) is 9.75. The van der Waals surface area contributed by atoms with Gasteiger partial charge in [-0.05, 0) is 42.5 Å². The molecule has 0 aromatic heterocycles. The Morgan fingerprint density at radius 2 is 1.90 bits per heavy atom. The number of nitrogens with one attached hydrogen (secondary N) is 3. The van der Waals surface area contributed by atoms with E-state index in [2.05, 4.69) is 16.0 Å². The van der Waals surface area contributed by atoms with E-state index in [4.69, 9.17) is 17.0 Å². The predicted molar refractivity (Wildman–Crippen MR) is 114 cm³/mol. The van der Waals surface area contributed by atoms with Crippen LogP contribution in [0.15, 0.2) is 48.5 Å². The van der Waals surface area contributed by atoms with Crippen LogP contribution in [0.5, 0.6) is 0 Å². The number of amides is 2. The summed E-state index contributed by atoms with van der Waals surface area (Å²) in [5.41, 5.74) is -4.11. The fourth-order valence-electron chi connectivity index (χ4n) is 3.46. The maximum absolute atomic E-state index is 15.8. The Labute approximate surface area is 182 Å². The van der Waals surface area contributed by atoms with Crippen molar-refractivity contribution in [3.8, 4) is 0 Å². The van der Waals surface area contributed by atoms with Crippen LogP contribution in [0.2, 0.25) is 0 Å². The average molecular weight is 449 g/mol. The summed E-state index contributed by atoms with van der Waals surface area (Å²) in [6.07, 6.45) is 0. The summed E-state index contributed by atoms with van der Waals surface area (Å²) >= 11 is 5.20. The lowest BCUT2D eigenvalue weighted by atomic mass is 9.78. The van der Waals surface area contributed by atoms with Gasteiger partial charge in [-0.3, -0.25) is 14.9 Å². The second-order valence-electron chi connectivity index (χ2n) is 7.17. The van der Waals surface area contributed by atoms with Gasteiger partial charge in [0.1, 0.15) is 11.4 Å². The Kier molecular flexibility index (Phi) is 6.63. The summed E-state index contributed by atoms with van der Waals surface area (Å²) in [7, 11) is 0. The van der Waals surface area contributed by atoms with Gasteiger partial charge < -0.3 is 20.5 Å². The second kappa shape index (κ2) is 9.04. The van der Waals surface area contributed by atoms with Crippen LogP contribution in [0.1, 0.15) is 22.8 Å². The fraction of sp³-hybridized carbons (Fsp3) is 0.286. The van der Waals surface area contributed by atoms with Gasteiger partial charge in [-0.2, -0.15) is 0 Å². The standard InChI is InChI=1S/C21H21F2N3O4S/c1-13(28)24-15-7-8-17(22)16(9-15)21(12-30-11-20(21,23)10-27)26-19(31)25-18(29)14-5-3-2-4-6-14/h2-9,27H,10-12H2,1H3,(H,24,28)(H2,25,26,29,31)/t20-,21+/m0/s1. The number of benzene rings is 2. The zero-order chi connectivity index (χ0) is 22.6. The van der Waals surface area contributed by atoms with E-state index in [0.717, 1.165) is 6.07 Å². The number of anilines is 1. The van der Waals surface area contributed by atoms with Crippen molar-refractivity contribution in [2.45, 2.75) is 18.1 Å². The zero-order valence-electron chi connectivity index (χ0n) is 16.6. The molecule has 1 saturated heterocycles. The third-order valence-electron chi connectivity index (χ3n) is 5.00. The van der Waals surface area contributed by atoms with Gasteiger partial charge in [0.25, 0.3) is 5.91 Å². The monoisotopic (exact) mass is 449 g/mol. The van der Waals surface area contributed by atoms with Crippen LogP contribution < -0.4 is 16.0 Å². The predicted octanol–water partition coefficient (Wildman–Crippen LogP) is 2.01. The Balaban J connectivity index is 1.97. The van der Waals surface area contributed by atoms with E-state index in [-0.39, 0.29) is 23.0 Å². The molecule has 1 fully saturated rings. The van der Waals surface area contributed by atoms with Crippen LogP contribution in [0.25, 0.3) is 0 Å². The molecule has 164 valence electrons. The number of carbonyl (C=O) groups excluding carboxylic acids is 2. The van der Waals surface area contributed by atoms with E-state index in [9.17, 15) is 19.1 Å². The molecule has 0 radical (unpaired) electrons. The van der Waals surface area contributed by atoms with Gasteiger partial charge in [-0.1, -0.05) is 18.2 Å². The zero-order valence-corrected chi connectivity index (χ0v) is 17.4. The van der Waals surface area contributed by atoms with Crippen molar-refractivity contribution < 1.29 is 28.2 Å². The van der Waals surface area contributed by atoms with Crippen LogP contribution in [0.3, 0.4) is 0 Å². The van der Waals surface area contributed by atoms with Crippen molar-refractivity contribution in [1.29, 1.82) is 0 Å². The summed E-state index contributed by atoms with van der Waals surface area (Å²) in [6.45, 7) is -0.641. The molecule has 3 rings (SSSR count). The normalized spacial score (nSPS) is 22.6. The summed E-state index contributed by atoms with van der Waals surface area (Å²) in [5.74, 6) is -1.76. The van der Waals surface area contributed by atoms with Crippen molar-refractivity contribution in [3.63, 3.8) is 0 Å². The average Bonchev–Trinajstić information content (AvgIpc) is 3.06. The summed E-state index contributed by atoms with van der Waals surface area (Å²) in [6, 6.07) is 11.8. The van der Waals surface area contributed by atoms with Crippen molar-refractivity contribution in [2.75, 3.05) is 25.1 Å². The maximum atomic E-state index is 15.8. The van der Waals surface area contributed by atoms with Crippen molar-refractivity contribution in [2.24, 2.45) is 0 Å². The molecule has 7 nitrogen and oxygen atoms in total. The number of hydrogen-bond acceptors (Lipinski definition) is 5. The van der Waals surface area contributed by atoms with Crippen LogP contribution in [0, 0.1) is 5.82 Å². The van der Waals surface area contributed by atoms with Crippen molar-refractivity contribution >= 4 is 34.8 Å². The van der Waals surface area contributed by atoms with Crippen LogP contribution in [-0.2, 0) is 15.1 Å². The number of alkyl halides is 1. The van der Waals surface area contributed by atoms with Gasteiger partial charge in [-0.15, -0.1) is 0 Å². The number of aliphatic hydroxyl groups is 1. The SMILES string of the molecule is CC(=O)Nc1ccc(F)c([C@]2(NC(=S)NC(=O)c3ccccc3)COC[C@@]2(F)CO)c1. The largest absolute Gasteiger partial charge is 0.393 e. The number of aliphatic hydroxyl groups excluding tert-OH is 1. The highest BCUT2D eigenvalue weighted by Crippen LogP contribution is 2.43. The lowest BCUT2D eigenvalue weighted by Crippen LogP contribution is -2.63. The highest BCUT2D eigenvalue weighted by Gasteiger charge is 2.60. The first-order valence-electron chi connectivity index (χ1n) is 9.34. The summed E-state index contributed by atoms with van der Waals surface area (Å²) < 4.78 is 35.9. The first kappa shape index (κ1) is 22.7. The molecule has 4 N–H and O–H groups in total. The van der Waals surface area contributed by atoms with E-state index in [0.29, 0.717) is 5.56 Å². The molecule has 1 aliphatic rings. The van der Waals surface area contributed by atoms with Gasteiger partial charge in [0.05, 0.1) is 19.8 Å². The number of rotatable bonds is 5. The fourth-order valence-corrected chi connectivity index (χ4v) is 3.72. The minimum Gasteiger partial charge on any atom is -0.393 e. The Hall–Kier alpha value is -2.95.